The van der Waals surface area contributed by atoms with Crippen LogP contribution in [0.15, 0.2) is 29.1 Å². The molecule has 0 amide bonds. The van der Waals surface area contributed by atoms with Crippen molar-refractivity contribution in [2.75, 3.05) is 0 Å². The van der Waals surface area contributed by atoms with Crippen molar-refractivity contribution in [3.63, 3.8) is 0 Å². The minimum Gasteiger partial charge on any atom is -0.491 e. The Morgan fingerprint density at radius 1 is 1.27 bits per heavy atom. The first-order chi connectivity index (χ1) is 10.5. The van der Waals surface area contributed by atoms with E-state index < -0.39 is 0 Å². The molecule has 3 rings (SSSR count). The first-order valence-corrected chi connectivity index (χ1v) is 7.19. The Hall–Kier alpha value is -2.48. The minimum absolute atomic E-state index is 0.0949. The van der Waals surface area contributed by atoms with E-state index in [0.29, 0.717) is 21.8 Å². The molecular formula is C14H15N5O2S. The van der Waals surface area contributed by atoms with Gasteiger partial charge in [-0.05, 0) is 50.3 Å². The highest BCUT2D eigenvalue weighted by Gasteiger charge is 2.13. The van der Waals surface area contributed by atoms with E-state index in [4.69, 9.17) is 17.0 Å². The first-order valence-electron chi connectivity index (χ1n) is 6.79. The molecule has 3 aromatic rings. The molecule has 7 nitrogen and oxygen atoms in total. The molecule has 0 aliphatic heterocycles. The van der Waals surface area contributed by atoms with Crippen LogP contribution in [0, 0.1) is 4.77 Å². The molecule has 114 valence electrons. The van der Waals surface area contributed by atoms with Gasteiger partial charge in [-0.2, -0.15) is 9.61 Å². The number of nitrogens with one attached hydrogen (secondary N) is 1. The lowest BCUT2D eigenvalue weighted by molar-refractivity contribution is 0.242. The van der Waals surface area contributed by atoms with Crippen molar-refractivity contribution in [3.05, 3.63) is 39.4 Å². The Labute approximate surface area is 131 Å². The zero-order valence-corrected chi connectivity index (χ0v) is 13.2. The summed E-state index contributed by atoms with van der Waals surface area (Å²) in [6.45, 7) is 3.92. The number of aryl methyl sites for hydroxylation is 1. The van der Waals surface area contributed by atoms with Crippen molar-refractivity contribution in [1.82, 2.24) is 24.4 Å². The fraction of sp³-hybridized carbons (Fsp3) is 0.286. The number of aromatic nitrogens is 5. The number of ether oxygens (including phenoxy) is 1. The van der Waals surface area contributed by atoms with E-state index >= 15 is 0 Å². The van der Waals surface area contributed by atoms with Gasteiger partial charge in [0.2, 0.25) is 4.77 Å². The van der Waals surface area contributed by atoms with Gasteiger partial charge in [0.05, 0.1) is 6.10 Å². The predicted octanol–water partition coefficient (Wildman–Crippen LogP) is 1.94. The Bertz CT molecular complexity index is 937. The maximum absolute atomic E-state index is 12.4. The summed E-state index contributed by atoms with van der Waals surface area (Å²) in [5.41, 5.74) is 0.768. The van der Waals surface area contributed by atoms with Crippen molar-refractivity contribution >= 4 is 18.0 Å². The highest BCUT2D eigenvalue weighted by atomic mass is 32.1. The first kappa shape index (κ1) is 14.5. The number of hydrogen-bond donors (Lipinski definition) is 1. The van der Waals surface area contributed by atoms with Crippen molar-refractivity contribution in [3.8, 4) is 17.0 Å². The number of H-pyrrole nitrogens is 1. The maximum atomic E-state index is 12.4. The van der Waals surface area contributed by atoms with Crippen LogP contribution in [-0.2, 0) is 7.05 Å². The highest BCUT2D eigenvalue weighted by Crippen LogP contribution is 2.19. The number of rotatable bonds is 3. The van der Waals surface area contributed by atoms with Crippen molar-refractivity contribution in [1.29, 1.82) is 0 Å². The maximum Gasteiger partial charge on any atom is 0.281 e. The summed E-state index contributed by atoms with van der Waals surface area (Å²) in [4.78, 5) is 12.4. The van der Waals surface area contributed by atoms with Gasteiger partial charge >= 0.3 is 0 Å². The molecular weight excluding hydrogens is 302 g/mol. The summed E-state index contributed by atoms with van der Waals surface area (Å²) >= 11 is 5.11. The molecule has 0 fully saturated rings. The molecule has 0 saturated heterocycles. The van der Waals surface area contributed by atoms with Crippen molar-refractivity contribution in [2.45, 2.75) is 20.0 Å². The van der Waals surface area contributed by atoms with Crippen LogP contribution in [0.2, 0.25) is 0 Å². The molecule has 1 aromatic carbocycles. The number of benzene rings is 1. The van der Waals surface area contributed by atoms with Gasteiger partial charge in [-0.1, -0.05) is 0 Å². The summed E-state index contributed by atoms with van der Waals surface area (Å²) < 4.78 is 8.78. The topological polar surface area (TPSA) is 77.2 Å². The lowest BCUT2D eigenvalue weighted by Crippen LogP contribution is -2.23. The molecule has 0 spiro atoms. The average Bonchev–Trinajstić information content (AvgIpc) is 2.85. The van der Waals surface area contributed by atoms with Gasteiger partial charge in [-0.3, -0.25) is 9.36 Å². The lowest BCUT2D eigenvalue weighted by atomic mass is 10.1. The molecule has 0 atom stereocenters. The van der Waals surface area contributed by atoms with E-state index in [1.807, 2.05) is 26.0 Å². The van der Waals surface area contributed by atoms with E-state index in [9.17, 15) is 4.79 Å². The van der Waals surface area contributed by atoms with Gasteiger partial charge in [0.15, 0.2) is 5.69 Å². The third-order valence-electron chi connectivity index (χ3n) is 3.14. The second-order valence-corrected chi connectivity index (χ2v) is 5.53. The number of aromatic amines is 1. The van der Waals surface area contributed by atoms with Crippen molar-refractivity contribution in [2.24, 2.45) is 7.05 Å². The fourth-order valence-electron chi connectivity index (χ4n) is 2.13. The lowest BCUT2D eigenvalue weighted by Gasteiger charge is -2.10. The normalized spacial score (nSPS) is 11.3. The van der Waals surface area contributed by atoms with Crippen LogP contribution >= 0.6 is 12.2 Å². The summed E-state index contributed by atoms with van der Waals surface area (Å²) in [7, 11) is 1.63. The molecule has 22 heavy (non-hydrogen) atoms. The summed E-state index contributed by atoms with van der Waals surface area (Å²) in [6.07, 6.45) is 0.0949. The monoisotopic (exact) mass is 317 g/mol. The van der Waals surface area contributed by atoms with E-state index in [1.165, 1.54) is 9.08 Å². The van der Waals surface area contributed by atoms with Crippen LogP contribution in [0.25, 0.3) is 17.0 Å². The SMILES string of the molecule is CC(C)Oc1ccc(-c2nn3c(=S)[nH]nc3n(C)c2=O)cc1. The Kier molecular flexibility index (Phi) is 3.53. The number of nitrogens with zero attached hydrogens (tertiary/aromatic N) is 4. The predicted molar refractivity (Wildman–Crippen MR) is 84.6 cm³/mol. The number of hydrogen-bond acceptors (Lipinski definition) is 5. The van der Waals surface area contributed by atoms with Gasteiger partial charge in [-0.15, -0.1) is 5.10 Å². The van der Waals surface area contributed by atoms with Gasteiger partial charge in [0.25, 0.3) is 11.3 Å². The fourth-order valence-corrected chi connectivity index (χ4v) is 2.30. The Morgan fingerprint density at radius 2 is 1.95 bits per heavy atom. The standard InChI is InChI=1S/C14H15N5O2S/c1-8(2)21-10-6-4-9(5-7-10)11-12(20)18(3)13-15-16-14(22)19(13)17-11/h4-8H,1-3H3,(H,16,22). The molecule has 0 saturated carbocycles. The molecule has 8 heteroatoms. The van der Waals surface area contributed by atoms with E-state index in [2.05, 4.69) is 15.3 Å². The minimum atomic E-state index is -0.237. The molecule has 0 bridgehead atoms. The van der Waals surface area contributed by atoms with E-state index in [-0.39, 0.29) is 11.7 Å². The van der Waals surface area contributed by atoms with Crippen molar-refractivity contribution < 1.29 is 4.74 Å². The third kappa shape index (κ3) is 2.41. The zero-order valence-electron chi connectivity index (χ0n) is 12.4. The Balaban J connectivity index is 2.13. The van der Waals surface area contributed by atoms with Crippen LogP contribution in [0.1, 0.15) is 13.8 Å². The quantitative estimate of drug-likeness (QED) is 0.747. The molecule has 1 N–H and O–H groups in total. The molecule has 2 heterocycles. The highest BCUT2D eigenvalue weighted by molar-refractivity contribution is 7.71. The van der Waals surface area contributed by atoms with Crippen LogP contribution in [0.5, 0.6) is 5.75 Å². The molecule has 0 unspecified atom stereocenters. The largest absolute Gasteiger partial charge is 0.491 e. The molecule has 0 aliphatic carbocycles. The van der Waals surface area contributed by atoms with Crippen LogP contribution in [0.4, 0.5) is 0 Å². The van der Waals surface area contributed by atoms with E-state index in [1.54, 1.807) is 19.2 Å². The van der Waals surface area contributed by atoms with E-state index in [0.717, 1.165) is 5.75 Å². The summed E-state index contributed by atoms with van der Waals surface area (Å²) in [6, 6.07) is 7.23. The third-order valence-corrected chi connectivity index (χ3v) is 3.40. The van der Waals surface area contributed by atoms with Gasteiger partial charge in [0, 0.05) is 12.6 Å². The van der Waals surface area contributed by atoms with Crippen LogP contribution < -0.4 is 10.3 Å². The van der Waals surface area contributed by atoms with Gasteiger partial charge < -0.3 is 4.74 Å². The second-order valence-electron chi connectivity index (χ2n) is 5.14. The second kappa shape index (κ2) is 5.38. The Morgan fingerprint density at radius 3 is 2.59 bits per heavy atom. The summed E-state index contributed by atoms with van der Waals surface area (Å²) in [5, 5.41) is 10.9. The number of fused-ring (bicyclic) bond motifs is 1. The smallest absolute Gasteiger partial charge is 0.281 e. The van der Waals surface area contributed by atoms with Crippen LogP contribution in [0.3, 0.4) is 0 Å². The van der Waals surface area contributed by atoms with Gasteiger partial charge in [-0.25, -0.2) is 5.10 Å². The van der Waals surface area contributed by atoms with Gasteiger partial charge in [0.1, 0.15) is 5.75 Å². The molecule has 2 aromatic heterocycles. The zero-order chi connectivity index (χ0) is 15.9. The molecule has 0 aliphatic rings. The molecule has 0 radical (unpaired) electrons. The summed E-state index contributed by atoms with van der Waals surface area (Å²) in [5.74, 6) is 1.12. The van der Waals surface area contributed by atoms with Crippen LogP contribution in [-0.4, -0.2) is 30.5 Å². The average molecular weight is 317 g/mol.